The molecule has 1 saturated heterocycles. The van der Waals surface area contributed by atoms with Crippen LogP contribution in [-0.2, 0) is 27.9 Å². The number of nitrogens with one attached hydrogen (secondary N) is 1. The molecule has 1 amide bonds. The quantitative estimate of drug-likeness (QED) is 0.630. The van der Waals surface area contributed by atoms with E-state index in [0.717, 1.165) is 16.7 Å². The monoisotopic (exact) mass is 429 g/mol. The van der Waals surface area contributed by atoms with Crippen molar-refractivity contribution in [3.63, 3.8) is 0 Å². The lowest BCUT2D eigenvalue weighted by Crippen LogP contribution is -2.48. The van der Waals surface area contributed by atoms with Crippen LogP contribution >= 0.6 is 11.6 Å². The average Bonchev–Trinajstić information content (AvgIpc) is 2.78. The van der Waals surface area contributed by atoms with Crippen molar-refractivity contribution in [1.29, 1.82) is 0 Å². The molecule has 0 radical (unpaired) electrons. The topological polar surface area (TPSA) is 56.8 Å². The summed E-state index contributed by atoms with van der Waals surface area (Å²) in [5, 5.41) is 3.72. The van der Waals surface area contributed by atoms with E-state index in [4.69, 9.17) is 25.8 Å². The third-order valence-electron chi connectivity index (χ3n) is 5.60. The smallest absolute Gasteiger partial charge is 0.231 e. The number of hydrogen-bond donors (Lipinski definition) is 1. The van der Waals surface area contributed by atoms with E-state index in [1.54, 1.807) is 14.2 Å². The second-order valence-electron chi connectivity index (χ2n) is 7.34. The van der Waals surface area contributed by atoms with Crippen LogP contribution < -0.4 is 14.8 Å². The van der Waals surface area contributed by atoms with Crippen molar-refractivity contribution in [2.45, 2.75) is 31.2 Å². The van der Waals surface area contributed by atoms with Gasteiger partial charge in [-0.25, -0.2) is 0 Å². The number of benzene rings is 2. The Hall–Kier alpha value is -2.50. The number of methoxy groups -OCH3 is 2. The van der Waals surface area contributed by atoms with Crippen molar-refractivity contribution < 1.29 is 19.0 Å². The molecule has 0 atom stereocenters. The molecule has 6 heteroatoms. The zero-order chi connectivity index (χ0) is 21.6. The van der Waals surface area contributed by atoms with E-state index in [9.17, 15) is 4.79 Å². The van der Waals surface area contributed by atoms with Gasteiger partial charge in [-0.05, 0) is 48.6 Å². The van der Waals surface area contributed by atoms with E-state index in [1.165, 1.54) is 0 Å². The van der Waals surface area contributed by atoms with Crippen molar-refractivity contribution in [1.82, 2.24) is 5.32 Å². The molecule has 0 saturated carbocycles. The third kappa shape index (κ3) is 4.47. The first-order valence-corrected chi connectivity index (χ1v) is 10.4. The van der Waals surface area contributed by atoms with Gasteiger partial charge in [-0.3, -0.25) is 4.79 Å². The first-order chi connectivity index (χ1) is 14.6. The predicted molar refractivity (Wildman–Crippen MR) is 118 cm³/mol. The lowest BCUT2D eigenvalue weighted by molar-refractivity contribution is -0.130. The van der Waals surface area contributed by atoms with Crippen molar-refractivity contribution >= 4 is 17.5 Å². The molecule has 1 N–H and O–H groups in total. The summed E-state index contributed by atoms with van der Waals surface area (Å²) < 4.78 is 16.5. The third-order valence-corrected chi connectivity index (χ3v) is 5.93. The summed E-state index contributed by atoms with van der Waals surface area (Å²) in [4.78, 5) is 13.4. The van der Waals surface area contributed by atoms with Gasteiger partial charge in [0.1, 0.15) is 0 Å². The number of halogens is 1. The van der Waals surface area contributed by atoms with Gasteiger partial charge in [0.15, 0.2) is 11.5 Å². The second-order valence-corrected chi connectivity index (χ2v) is 7.75. The molecule has 0 unspecified atom stereocenters. The molecule has 1 heterocycles. The first kappa shape index (κ1) is 22.2. The molecule has 2 aromatic rings. The number of amides is 1. The highest BCUT2D eigenvalue weighted by atomic mass is 35.5. The number of rotatable bonds is 8. The zero-order valence-electron chi connectivity index (χ0n) is 17.5. The normalized spacial score (nSPS) is 15.3. The summed E-state index contributed by atoms with van der Waals surface area (Å²) >= 11 is 6.48. The van der Waals surface area contributed by atoms with Crippen molar-refractivity contribution in [2.24, 2.45) is 0 Å². The first-order valence-electron chi connectivity index (χ1n) is 10.0. The molecule has 3 rings (SSSR count). The highest BCUT2D eigenvalue weighted by molar-refractivity contribution is 6.31. The molecule has 5 nitrogen and oxygen atoms in total. The molecule has 2 aromatic carbocycles. The summed E-state index contributed by atoms with van der Waals surface area (Å²) in [6, 6.07) is 11.5. The van der Waals surface area contributed by atoms with E-state index in [-0.39, 0.29) is 5.91 Å². The Balaban J connectivity index is 1.86. The largest absolute Gasteiger partial charge is 0.493 e. The molecule has 0 aromatic heterocycles. The lowest BCUT2D eigenvalue weighted by Gasteiger charge is -2.36. The van der Waals surface area contributed by atoms with Gasteiger partial charge in [-0.2, -0.15) is 0 Å². The van der Waals surface area contributed by atoms with Gasteiger partial charge < -0.3 is 19.5 Å². The summed E-state index contributed by atoms with van der Waals surface area (Å²) in [6.45, 7) is 5.24. The van der Waals surface area contributed by atoms with Crippen LogP contribution in [0.5, 0.6) is 11.5 Å². The fourth-order valence-corrected chi connectivity index (χ4v) is 4.37. The Morgan fingerprint density at radius 1 is 1.23 bits per heavy atom. The Labute approximate surface area is 183 Å². The zero-order valence-corrected chi connectivity index (χ0v) is 18.3. The van der Waals surface area contributed by atoms with Crippen LogP contribution in [0.25, 0.3) is 0 Å². The minimum atomic E-state index is -0.697. The number of hydrogen-bond acceptors (Lipinski definition) is 4. The lowest BCUT2D eigenvalue weighted by atomic mass is 9.73. The summed E-state index contributed by atoms with van der Waals surface area (Å²) in [5.41, 5.74) is 2.05. The van der Waals surface area contributed by atoms with Gasteiger partial charge in [0.2, 0.25) is 5.91 Å². The summed E-state index contributed by atoms with van der Waals surface area (Å²) in [7, 11) is 3.22. The van der Waals surface area contributed by atoms with E-state index < -0.39 is 5.41 Å². The molecule has 160 valence electrons. The number of ether oxygens (including phenoxy) is 3. The maximum absolute atomic E-state index is 13.4. The molecule has 0 aliphatic carbocycles. The van der Waals surface area contributed by atoms with Crippen molar-refractivity contribution in [3.8, 4) is 11.5 Å². The van der Waals surface area contributed by atoms with Crippen LogP contribution in [0, 0.1) is 0 Å². The standard InChI is InChI=1S/C24H28ClNO4/c1-4-7-18-14-17(15-21(28-2)22(18)29-3)16-26-23(27)24(10-12-30-13-11-24)19-8-5-6-9-20(19)25/h4-6,8-9,14-15H,1,7,10-13,16H2,2-3H3,(H,26,27). The molecular weight excluding hydrogens is 402 g/mol. The SMILES string of the molecule is C=CCc1cc(CNC(=O)C2(c3ccccc3Cl)CCOCC2)cc(OC)c1OC. The number of carbonyl (C=O) groups excluding carboxylic acids is 1. The molecule has 0 spiro atoms. The Bertz CT molecular complexity index is 906. The van der Waals surface area contributed by atoms with Crippen molar-refractivity contribution in [3.05, 3.63) is 70.8 Å². The van der Waals surface area contributed by atoms with Gasteiger partial charge in [0.25, 0.3) is 0 Å². The Morgan fingerprint density at radius 2 is 1.97 bits per heavy atom. The highest BCUT2D eigenvalue weighted by Crippen LogP contribution is 2.39. The second kappa shape index (κ2) is 10.0. The van der Waals surface area contributed by atoms with Crippen LogP contribution in [0.3, 0.4) is 0 Å². The number of carbonyl (C=O) groups is 1. The molecule has 30 heavy (non-hydrogen) atoms. The number of allylic oxidation sites excluding steroid dienone is 1. The average molecular weight is 430 g/mol. The predicted octanol–water partition coefficient (Wildman–Crippen LogP) is 4.45. The summed E-state index contributed by atoms with van der Waals surface area (Å²) in [5.74, 6) is 1.27. The van der Waals surface area contributed by atoms with Crippen molar-refractivity contribution in [2.75, 3.05) is 27.4 Å². The van der Waals surface area contributed by atoms with Gasteiger partial charge in [-0.1, -0.05) is 35.9 Å². The highest BCUT2D eigenvalue weighted by Gasteiger charge is 2.42. The van der Waals surface area contributed by atoms with Crippen LogP contribution in [-0.4, -0.2) is 33.3 Å². The Morgan fingerprint density at radius 3 is 2.60 bits per heavy atom. The van der Waals surface area contributed by atoms with Gasteiger partial charge in [0.05, 0.1) is 19.6 Å². The minimum absolute atomic E-state index is 0.0426. The van der Waals surface area contributed by atoms with Crippen LogP contribution in [0.1, 0.15) is 29.5 Å². The molecular formula is C24H28ClNO4. The maximum Gasteiger partial charge on any atom is 0.231 e. The van der Waals surface area contributed by atoms with E-state index >= 15 is 0 Å². The molecule has 0 bridgehead atoms. The van der Waals surface area contributed by atoms with Gasteiger partial charge in [-0.15, -0.1) is 6.58 Å². The molecule has 1 fully saturated rings. The van der Waals surface area contributed by atoms with E-state index in [1.807, 2.05) is 42.5 Å². The maximum atomic E-state index is 13.4. The van der Waals surface area contributed by atoms with Crippen LogP contribution in [0.15, 0.2) is 49.1 Å². The minimum Gasteiger partial charge on any atom is -0.493 e. The fraction of sp³-hybridized carbons (Fsp3) is 0.375. The van der Waals surface area contributed by atoms with E-state index in [2.05, 4.69) is 11.9 Å². The van der Waals surface area contributed by atoms with Gasteiger partial charge in [0, 0.05) is 30.3 Å². The van der Waals surface area contributed by atoms with Crippen LogP contribution in [0.4, 0.5) is 0 Å². The van der Waals surface area contributed by atoms with Gasteiger partial charge >= 0.3 is 0 Å². The molecule has 1 aliphatic rings. The summed E-state index contributed by atoms with van der Waals surface area (Å²) in [6.07, 6.45) is 3.64. The molecule has 1 aliphatic heterocycles. The van der Waals surface area contributed by atoms with E-state index in [0.29, 0.717) is 55.5 Å². The van der Waals surface area contributed by atoms with Crippen LogP contribution in [0.2, 0.25) is 5.02 Å². The Kier molecular flexibility index (Phi) is 7.40. The fourth-order valence-electron chi connectivity index (χ4n) is 4.06.